The van der Waals surface area contributed by atoms with E-state index in [2.05, 4.69) is 4.98 Å². The molecule has 0 fully saturated rings. The van der Waals surface area contributed by atoms with Crippen molar-refractivity contribution in [2.24, 2.45) is 0 Å². The molecule has 0 radical (unpaired) electrons. The van der Waals surface area contributed by atoms with Gasteiger partial charge in [0.25, 0.3) is 5.91 Å². The number of carbonyl (C=O) groups is 1. The summed E-state index contributed by atoms with van der Waals surface area (Å²) >= 11 is 7.86. The van der Waals surface area contributed by atoms with E-state index in [0.29, 0.717) is 36.2 Å². The number of thiazole rings is 1. The average Bonchev–Trinajstić information content (AvgIpc) is 3.18. The summed E-state index contributed by atoms with van der Waals surface area (Å²) in [6.45, 7) is 5.72. The minimum Gasteiger partial charge on any atom is -0.489 e. The van der Waals surface area contributed by atoms with Crippen LogP contribution in [0.2, 0.25) is 5.02 Å². The van der Waals surface area contributed by atoms with Gasteiger partial charge in [-0.05, 0) is 37.6 Å². The number of hydrogen-bond acceptors (Lipinski definition) is 4. The van der Waals surface area contributed by atoms with E-state index in [1.165, 1.54) is 11.3 Å². The van der Waals surface area contributed by atoms with Gasteiger partial charge in [-0.3, -0.25) is 4.79 Å². The number of amides is 1. The third-order valence-electron chi connectivity index (χ3n) is 4.19. The Labute approximate surface area is 168 Å². The summed E-state index contributed by atoms with van der Waals surface area (Å²) in [7, 11) is 0. The second-order valence-corrected chi connectivity index (χ2v) is 7.20. The van der Waals surface area contributed by atoms with Gasteiger partial charge in [0, 0.05) is 24.0 Å². The predicted molar refractivity (Wildman–Crippen MR) is 111 cm³/mol. The highest BCUT2D eigenvalue weighted by atomic mass is 35.5. The SMILES string of the molecule is CCN(CC)C(=O)c1csc(-c2ccc(OCc3ccccc3)cc2Cl)n1. The van der Waals surface area contributed by atoms with Crippen LogP contribution < -0.4 is 4.74 Å². The van der Waals surface area contributed by atoms with E-state index in [1.807, 2.05) is 56.3 Å². The molecule has 0 aliphatic rings. The standard InChI is InChI=1S/C21H21ClN2O2S/c1-3-24(4-2)21(25)19-14-27-20(23-19)17-11-10-16(12-18(17)22)26-13-15-8-6-5-7-9-15/h5-12,14H,3-4,13H2,1-2H3. The van der Waals surface area contributed by atoms with Gasteiger partial charge in [0.1, 0.15) is 23.1 Å². The lowest BCUT2D eigenvalue weighted by Gasteiger charge is -2.16. The van der Waals surface area contributed by atoms with Crippen molar-refractivity contribution in [1.29, 1.82) is 0 Å². The Kier molecular flexibility index (Phi) is 6.48. The Morgan fingerprint density at radius 2 is 1.89 bits per heavy atom. The van der Waals surface area contributed by atoms with Crippen LogP contribution in [-0.2, 0) is 6.61 Å². The smallest absolute Gasteiger partial charge is 0.273 e. The molecule has 0 unspecified atom stereocenters. The van der Waals surface area contributed by atoms with Crippen LogP contribution in [0.15, 0.2) is 53.9 Å². The second-order valence-electron chi connectivity index (χ2n) is 5.93. The van der Waals surface area contributed by atoms with Crippen molar-refractivity contribution in [2.75, 3.05) is 13.1 Å². The molecule has 0 spiro atoms. The molecule has 4 nitrogen and oxygen atoms in total. The largest absolute Gasteiger partial charge is 0.489 e. The first-order valence-electron chi connectivity index (χ1n) is 8.83. The first-order valence-corrected chi connectivity index (χ1v) is 10.1. The molecule has 0 atom stereocenters. The molecule has 6 heteroatoms. The van der Waals surface area contributed by atoms with Crippen LogP contribution >= 0.6 is 22.9 Å². The topological polar surface area (TPSA) is 42.4 Å². The molecule has 140 valence electrons. The number of benzene rings is 2. The van der Waals surface area contributed by atoms with Crippen molar-refractivity contribution in [3.8, 4) is 16.3 Å². The van der Waals surface area contributed by atoms with E-state index >= 15 is 0 Å². The fraction of sp³-hybridized carbons (Fsp3) is 0.238. The molecule has 1 amide bonds. The van der Waals surface area contributed by atoms with Crippen LogP contribution in [0.25, 0.3) is 10.6 Å². The number of rotatable bonds is 7. The van der Waals surface area contributed by atoms with Gasteiger partial charge in [0.2, 0.25) is 0 Å². The first-order chi connectivity index (χ1) is 13.1. The van der Waals surface area contributed by atoms with Crippen LogP contribution in [0.4, 0.5) is 0 Å². The number of nitrogens with zero attached hydrogens (tertiary/aromatic N) is 2. The third kappa shape index (κ3) is 4.67. The highest BCUT2D eigenvalue weighted by molar-refractivity contribution is 7.13. The molecule has 2 aromatic carbocycles. The zero-order valence-electron chi connectivity index (χ0n) is 15.3. The van der Waals surface area contributed by atoms with Crippen LogP contribution in [0, 0.1) is 0 Å². The summed E-state index contributed by atoms with van der Waals surface area (Å²) in [4.78, 5) is 18.7. The zero-order chi connectivity index (χ0) is 19.2. The maximum absolute atomic E-state index is 12.4. The molecule has 0 saturated carbocycles. The Balaban J connectivity index is 1.73. The van der Waals surface area contributed by atoms with Crippen molar-refractivity contribution in [3.63, 3.8) is 0 Å². The summed E-state index contributed by atoms with van der Waals surface area (Å²) in [5.41, 5.74) is 2.35. The minimum atomic E-state index is -0.0542. The maximum Gasteiger partial charge on any atom is 0.273 e. The quantitative estimate of drug-likeness (QED) is 0.524. The van der Waals surface area contributed by atoms with Gasteiger partial charge >= 0.3 is 0 Å². The Hall–Kier alpha value is -2.37. The van der Waals surface area contributed by atoms with Crippen molar-refractivity contribution in [1.82, 2.24) is 9.88 Å². The Morgan fingerprint density at radius 1 is 1.15 bits per heavy atom. The molecule has 0 aliphatic heterocycles. The van der Waals surface area contributed by atoms with E-state index < -0.39 is 0 Å². The summed E-state index contributed by atoms with van der Waals surface area (Å²) in [5, 5.41) is 3.06. The van der Waals surface area contributed by atoms with Crippen molar-refractivity contribution in [3.05, 3.63) is 70.2 Å². The van der Waals surface area contributed by atoms with Crippen LogP contribution in [-0.4, -0.2) is 28.9 Å². The van der Waals surface area contributed by atoms with Gasteiger partial charge in [0.15, 0.2) is 0 Å². The third-order valence-corrected chi connectivity index (χ3v) is 5.38. The van der Waals surface area contributed by atoms with Crippen molar-refractivity contribution < 1.29 is 9.53 Å². The number of aromatic nitrogens is 1. The van der Waals surface area contributed by atoms with Gasteiger partial charge in [-0.2, -0.15) is 0 Å². The van der Waals surface area contributed by atoms with Gasteiger partial charge in [0.05, 0.1) is 5.02 Å². The first kappa shape index (κ1) is 19.4. The molecule has 0 saturated heterocycles. The summed E-state index contributed by atoms with van der Waals surface area (Å²) in [6.07, 6.45) is 0. The molecule has 1 heterocycles. The Morgan fingerprint density at radius 3 is 2.56 bits per heavy atom. The number of ether oxygens (including phenoxy) is 1. The maximum atomic E-state index is 12.4. The van der Waals surface area contributed by atoms with E-state index in [4.69, 9.17) is 16.3 Å². The van der Waals surface area contributed by atoms with Crippen LogP contribution in [0.1, 0.15) is 29.9 Å². The zero-order valence-corrected chi connectivity index (χ0v) is 16.9. The number of halogens is 1. The molecule has 0 aliphatic carbocycles. The monoisotopic (exact) mass is 400 g/mol. The van der Waals surface area contributed by atoms with E-state index in [1.54, 1.807) is 16.3 Å². The highest BCUT2D eigenvalue weighted by Crippen LogP contribution is 2.33. The second kappa shape index (κ2) is 9.02. The predicted octanol–water partition coefficient (Wildman–Crippen LogP) is 5.52. The lowest BCUT2D eigenvalue weighted by Crippen LogP contribution is -2.30. The number of carbonyl (C=O) groups excluding carboxylic acids is 1. The molecule has 0 bridgehead atoms. The lowest BCUT2D eigenvalue weighted by atomic mass is 10.2. The summed E-state index contributed by atoms with van der Waals surface area (Å²) in [5.74, 6) is 0.644. The molecule has 0 N–H and O–H groups in total. The van der Waals surface area contributed by atoms with E-state index in [9.17, 15) is 4.79 Å². The highest BCUT2D eigenvalue weighted by Gasteiger charge is 2.17. The number of hydrogen-bond donors (Lipinski definition) is 0. The lowest BCUT2D eigenvalue weighted by molar-refractivity contribution is 0.0768. The van der Waals surface area contributed by atoms with Gasteiger partial charge < -0.3 is 9.64 Å². The van der Waals surface area contributed by atoms with Crippen molar-refractivity contribution >= 4 is 28.8 Å². The van der Waals surface area contributed by atoms with Gasteiger partial charge in [-0.15, -0.1) is 11.3 Å². The molecule has 1 aromatic heterocycles. The molecule has 3 aromatic rings. The molecular formula is C21H21ClN2O2S. The summed E-state index contributed by atoms with van der Waals surface area (Å²) in [6, 6.07) is 15.5. The normalized spacial score (nSPS) is 10.6. The molecule has 3 rings (SSSR count). The molecular weight excluding hydrogens is 380 g/mol. The Bertz CT molecular complexity index is 908. The van der Waals surface area contributed by atoms with Crippen molar-refractivity contribution in [2.45, 2.75) is 20.5 Å². The average molecular weight is 401 g/mol. The fourth-order valence-electron chi connectivity index (χ4n) is 2.67. The van der Waals surface area contributed by atoms with Gasteiger partial charge in [-0.25, -0.2) is 4.98 Å². The van der Waals surface area contributed by atoms with Gasteiger partial charge in [-0.1, -0.05) is 41.9 Å². The van der Waals surface area contributed by atoms with Crippen LogP contribution in [0.5, 0.6) is 5.75 Å². The molecule has 27 heavy (non-hydrogen) atoms. The van der Waals surface area contributed by atoms with Crippen LogP contribution in [0.3, 0.4) is 0 Å². The van der Waals surface area contributed by atoms with E-state index in [0.717, 1.165) is 16.1 Å². The van der Waals surface area contributed by atoms with E-state index in [-0.39, 0.29) is 5.91 Å². The minimum absolute atomic E-state index is 0.0542. The fourth-order valence-corrected chi connectivity index (χ4v) is 3.82. The summed E-state index contributed by atoms with van der Waals surface area (Å²) < 4.78 is 5.81.